The molecule has 0 aromatic heterocycles. The molecule has 1 aliphatic carbocycles. The van der Waals surface area contributed by atoms with Crippen molar-refractivity contribution in [1.29, 1.82) is 0 Å². The van der Waals surface area contributed by atoms with Crippen LogP contribution in [0.2, 0.25) is 5.02 Å². The second-order valence-corrected chi connectivity index (χ2v) is 12.7. The number of fused-ring (bicyclic) bond motifs is 3. The number of anilines is 3. The maximum atomic E-state index is 14.0. The Morgan fingerprint density at radius 1 is 0.913 bits per heavy atom. The van der Waals surface area contributed by atoms with Crippen LogP contribution in [0.3, 0.4) is 0 Å². The van der Waals surface area contributed by atoms with Gasteiger partial charge in [0.1, 0.15) is 5.75 Å². The molecule has 2 amide bonds. The number of nitrogens with zero attached hydrogens (tertiary/aromatic N) is 1. The monoisotopic (exact) mass is 630 g/mol. The van der Waals surface area contributed by atoms with Gasteiger partial charge in [-0.25, -0.2) is 0 Å². The molecule has 7 heteroatoms. The van der Waals surface area contributed by atoms with Crippen LogP contribution in [-0.2, 0) is 14.3 Å². The third kappa shape index (κ3) is 5.75. The second-order valence-electron chi connectivity index (χ2n) is 12.3. The Hall–Kier alpha value is -4.65. The van der Waals surface area contributed by atoms with E-state index in [2.05, 4.69) is 30.4 Å². The molecule has 2 saturated heterocycles. The van der Waals surface area contributed by atoms with E-state index in [9.17, 15) is 14.7 Å². The lowest BCUT2D eigenvalue weighted by Gasteiger charge is -2.30. The quantitative estimate of drug-likeness (QED) is 0.116. The average molecular weight is 631 g/mol. The van der Waals surface area contributed by atoms with E-state index in [-0.39, 0.29) is 35.5 Å². The van der Waals surface area contributed by atoms with Crippen LogP contribution >= 0.6 is 11.6 Å². The summed E-state index contributed by atoms with van der Waals surface area (Å²) in [6.07, 6.45) is 3.97. The summed E-state index contributed by atoms with van der Waals surface area (Å²) in [5, 5.41) is 13.7. The van der Waals surface area contributed by atoms with Gasteiger partial charge in [0.2, 0.25) is 11.8 Å². The fourth-order valence-electron chi connectivity index (χ4n) is 7.33. The number of nitrogens with one attached hydrogen (secondary N) is 1. The van der Waals surface area contributed by atoms with Crippen molar-refractivity contribution in [2.24, 2.45) is 17.8 Å². The zero-order valence-corrected chi connectivity index (χ0v) is 26.3. The number of amides is 2. The topological polar surface area (TPSA) is 78.9 Å². The molecule has 3 aliphatic rings. The molecule has 232 valence electrons. The summed E-state index contributed by atoms with van der Waals surface area (Å²) in [5.41, 5.74) is 7.82. The highest BCUT2D eigenvalue weighted by Crippen LogP contribution is 2.50. The van der Waals surface area contributed by atoms with Gasteiger partial charge in [-0.3, -0.25) is 14.5 Å². The zero-order valence-electron chi connectivity index (χ0n) is 25.5. The normalized spacial score (nSPS) is 22.7. The number of hydrogen-bond donors (Lipinski definition) is 2. The molecule has 0 bridgehead atoms. The summed E-state index contributed by atoms with van der Waals surface area (Å²) >= 11 is 6.47. The number of halogens is 1. The van der Waals surface area contributed by atoms with Gasteiger partial charge in [-0.1, -0.05) is 65.7 Å². The van der Waals surface area contributed by atoms with Crippen LogP contribution in [0.1, 0.15) is 37.3 Å². The minimum Gasteiger partial charge on any atom is -0.508 e. The largest absolute Gasteiger partial charge is 0.508 e. The lowest BCUT2D eigenvalue weighted by molar-refractivity contribution is -0.122. The van der Waals surface area contributed by atoms with Crippen molar-refractivity contribution in [1.82, 2.24) is 0 Å². The van der Waals surface area contributed by atoms with Crippen LogP contribution in [-0.4, -0.2) is 29.6 Å². The molecular weight excluding hydrogens is 596 g/mol. The number of imide groups is 1. The number of phenolic OH excluding ortho intramolecular Hbond substituents is 1. The first-order valence-electron chi connectivity index (χ1n) is 15.7. The molecule has 0 spiro atoms. The minimum absolute atomic E-state index is 0.111. The molecule has 0 radical (unpaired) electrons. The van der Waals surface area contributed by atoms with Gasteiger partial charge in [-0.2, -0.15) is 0 Å². The van der Waals surface area contributed by atoms with Gasteiger partial charge >= 0.3 is 0 Å². The van der Waals surface area contributed by atoms with Crippen molar-refractivity contribution in [3.63, 3.8) is 0 Å². The van der Waals surface area contributed by atoms with Gasteiger partial charge in [0.15, 0.2) is 0 Å². The Labute approximate surface area is 274 Å². The van der Waals surface area contributed by atoms with Gasteiger partial charge in [0.25, 0.3) is 0 Å². The summed E-state index contributed by atoms with van der Waals surface area (Å²) in [4.78, 5) is 29.1. The Bertz CT molecular complexity index is 1840. The minimum atomic E-state index is -0.418. The first-order chi connectivity index (χ1) is 22.4. The van der Waals surface area contributed by atoms with Crippen LogP contribution in [0.5, 0.6) is 5.75 Å². The zero-order chi connectivity index (χ0) is 31.8. The van der Waals surface area contributed by atoms with E-state index in [0.717, 1.165) is 46.5 Å². The molecule has 46 heavy (non-hydrogen) atoms. The van der Waals surface area contributed by atoms with Gasteiger partial charge in [0.05, 0.1) is 35.3 Å². The van der Waals surface area contributed by atoms with E-state index in [1.807, 2.05) is 78.9 Å². The number of aromatic hydroxyl groups is 1. The fraction of sp³-hybridized carbons (Fsp3) is 0.231. The second kappa shape index (κ2) is 12.6. The fourth-order valence-corrected chi connectivity index (χ4v) is 7.55. The molecule has 0 saturated carbocycles. The molecule has 2 aliphatic heterocycles. The highest BCUT2D eigenvalue weighted by atomic mass is 35.5. The average Bonchev–Trinajstić information content (AvgIpc) is 3.60. The van der Waals surface area contributed by atoms with Gasteiger partial charge in [-0.05, 0) is 109 Å². The van der Waals surface area contributed by atoms with Crippen molar-refractivity contribution in [2.45, 2.75) is 32.3 Å². The summed E-state index contributed by atoms with van der Waals surface area (Å²) in [7, 11) is 0. The molecule has 4 atom stereocenters. The number of benzene rings is 4. The van der Waals surface area contributed by atoms with Crippen LogP contribution < -0.4 is 10.2 Å². The van der Waals surface area contributed by atoms with E-state index in [1.165, 1.54) is 10.5 Å². The third-order valence-electron chi connectivity index (χ3n) is 9.47. The van der Waals surface area contributed by atoms with E-state index in [1.54, 1.807) is 12.1 Å². The highest BCUT2D eigenvalue weighted by Gasteiger charge is 2.56. The molecule has 2 N–H and O–H groups in total. The Balaban J connectivity index is 1.09. The molecule has 2 fully saturated rings. The van der Waals surface area contributed by atoms with Crippen molar-refractivity contribution in [3.05, 3.63) is 130 Å². The predicted molar refractivity (Wildman–Crippen MR) is 183 cm³/mol. The van der Waals surface area contributed by atoms with Crippen LogP contribution in [0, 0.1) is 17.8 Å². The molecule has 4 aromatic carbocycles. The summed E-state index contributed by atoms with van der Waals surface area (Å²) in [6, 6.07) is 32.5. The standard InChI is InChI=1S/C39H35ClN2O4/c1-24-20-32-37(39(45)42(38(32)44)30-16-14-29(15-17-30)41-28-10-6-3-7-11-28)33-23-46-35(36(24)33)19-13-26(25-8-4-2-5-9-25)21-27-12-18-31(43)22-34(27)40/h2-12,14-18,21-22,32-33,35,37,41,43H,13,19-20,23H2,1H3/b26-21-/t32-,33+,35-,37-/m1/s1. The number of rotatable bonds is 8. The van der Waals surface area contributed by atoms with Crippen LogP contribution in [0.4, 0.5) is 17.1 Å². The lowest BCUT2D eigenvalue weighted by Crippen LogP contribution is -2.34. The van der Waals surface area contributed by atoms with E-state index >= 15 is 0 Å². The van der Waals surface area contributed by atoms with Crippen LogP contribution in [0.25, 0.3) is 11.6 Å². The number of hydrogen-bond acceptors (Lipinski definition) is 5. The SMILES string of the molecule is CC1=C2[C@@H](CC/C(=C/c3ccc(O)cc3Cl)c3ccccc3)OC[C@@H]2[C@@H]2C(=O)N(c3ccc(Nc4ccccc4)cc3)C(=O)[C@@H]2C1. The van der Waals surface area contributed by atoms with Crippen LogP contribution in [0.15, 0.2) is 114 Å². The number of allylic oxidation sites excluding steroid dienone is 2. The summed E-state index contributed by atoms with van der Waals surface area (Å²) in [5.74, 6) is -1.03. The molecule has 6 nitrogen and oxygen atoms in total. The highest BCUT2D eigenvalue weighted by molar-refractivity contribution is 6.32. The van der Waals surface area contributed by atoms with E-state index < -0.39 is 5.92 Å². The number of carbonyl (C=O) groups excluding carboxylic acids is 2. The van der Waals surface area contributed by atoms with E-state index in [0.29, 0.717) is 23.7 Å². The number of para-hydroxylation sites is 1. The maximum absolute atomic E-state index is 14.0. The number of ether oxygens (including phenoxy) is 1. The van der Waals surface area contributed by atoms with Gasteiger partial charge < -0.3 is 15.2 Å². The predicted octanol–water partition coefficient (Wildman–Crippen LogP) is 8.65. The molecule has 2 heterocycles. The van der Waals surface area contributed by atoms with Crippen molar-refractivity contribution in [3.8, 4) is 5.75 Å². The maximum Gasteiger partial charge on any atom is 0.238 e. The van der Waals surface area contributed by atoms with Crippen molar-refractivity contribution < 1.29 is 19.4 Å². The first kappa shape index (κ1) is 30.0. The lowest BCUT2D eigenvalue weighted by atomic mass is 9.70. The molecule has 4 aromatic rings. The first-order valence-corrected chi connectivity index (χ1v) is 16.1. The summed E-state index contributed by atoms with van der Waals surface area (Å²) in [6.45, 7) is 2.52. The Morgan fingerprint density at radius 2 is 1.61 bits per heavy atom. The third-order valence-corrected chi connectivity index (χ3v) is 9.80. The number of carbonyl (C=O) groups is 2. The van der Waals surface area contributed by atoms with Crippen molar-refractivity contribution in [2.75, 3.05) is 16.8 Å². The Kier molecular flexibility index (Phi) is 8.24. The van der Waals surface area contributed by atoms with E-state index in [4.69, 9.17) is 16.3 Å². The number of phenols is 1. The van der Waals surface area contributed by atoms with Crippen molar-refractivity contribution >= 4 is 52.1 Å². The Morgan fingerprint density at radius 3 is 2.33 bits per heavy atom. The van der Waals surface area contributed by atoms with Gasteiger partial charge in [-0.15, -0.1) is 0 Å². The molecule has 0 unspecified atom stereocenters. The molecular formula is C39H35ClN2O4. The smallest absolute Gasteiger partial charge is 0.238 e. The summed E-state index contributed by atoms with van der Waals surface area (Å²) < 4.78 is 6.42. The molecule has 7 rings (SSSR count). The van der Waals surface area contributed by atoms with Gasteiger partial charge in [0, 0.05) is 17.3 Å².